The number of amides is 1. The van der Waals surface area contributed by atoms with E-state index >= 15 is 0 Å². The number of carbonyl (C=O) groups excluding carboxylic acids is 1. The highest BCUT2D eigenvalue weighted by molar-refractivity contribution is 5.80. The fourth-order valence-electron chi connectivity index (χ4n) is 4.33. The van der Waals surface area contributed by atoms with Gasteiger partial charge in [-0.1, -0.05) is 20.8 Å². The first kappa shape index (κ1) is 22.0. The van der Waals surface area contributed by atoms with Crippen LogP contribution < -0.4 is 10.6 Å². The van der Waals surface area contributed by atoms with E-state index in [9.17, 15) is 4.79 Å². The molecule has 6 heteroatoms. The van der Waals surface area contributed by atoms with Crippen LogP contribution in [0, 0.1) is 17.3 Å². The molecule has 2 heterocycles. The molecule has 2 aliphatic rings. The molecule has 2 aliphatic heterocycles. The molecule has 0 bridgehead atoms. The fraction of sp³-hybridized carbons (Fsp3) is 0.905. The van der Waals surface area contributed by atoms with Crippen molar-refractivity contribution < 1.29 is 9.53 Å². The Morgan fingerprint density at radius 3 is 2.52 bits per heavy atom. The number of nitrogens with one attached hydrogen (secondary N) is 2. The van der Waals surface area contributed by atoms with Crippen LogP contribution in [0.3, 0.4) is 0 Å². The molecule has 156 valence electrons. The van der Waals surface area contributed by atoms with Gasteiger partial charge < -0.3 is 20.3 Å². The quantitative estimate of drug-likeness (QED) is 0.568. The summed E-state index contributed by atoms with van der Waals surface area (Å²) in [7, 11) is 1.72. The number of likely N-dealkylation sites (tertiary alicyclic amines) is 1. The number of piperidine rings is 1. The van der Waals surface area contributed by atoms with Crippen LogP contribution in [0.2, 0.25) is 0 Å². The second kappa shape index (κ2) is 10.3. The summed E-state index contributed by atoms with van der Waals surface area (Å²) in [5.74, 6) is 2.15. The van der Waals surface area contributed by atoms with Crippen molar-refractivity contribution in [2.24, 2.45) is 22.2 Å². The third kappa shape index (κ3) is 6.66. The first-order valence-electron chi connectivity index (χ1n) is 10.7. The fourth-order valence-corrected chi connectivity index (χ4v) is 4.33. The number of rotatable bonds is 5. The molecule has 2 rings (SSSR count). The van der Waals surface area contributed by atoms with Gasteiger partial charge in [0.2, 0.25) is 5.91 Å². The van der Waals surface area contributed by atoms with Gasteiger partial charge in [0, 0.05) is 52.2 Å². The van der Waals surface area contributed by atoms with Gasteiger partial charge in [-0.25, -0.2) is 0 Å². The van der Waals surface area contributed by atoms with E-state index in [0.717, 1.165) is 58.0 Å². The SMILES string of the molecule is CCNC(=NCC1CCCOC1C(C)(C)C)N1CCC(CC(=O)NC)CC1. The number of hydrogen-bond donors (Lipinski definition) is 2. The van der Waals surface area contributed by atoms with Crippen LogP contribution in [-0.4, -0.2) is 62.7 Å². The second-order valence-corrected chi connectivity index (χ2v) is 9.06. The molecule has 27 heavy (non-hydrogen) atoms. The molecule has 0 saturated carbocycles. The number of aliphatic imine (C=N–C) groups is 1. The minimum Gasteiger partial charge on any atom is -0.377 e. The van der Waals surface area contributed by atoms with Crippen molar-refractivity contribution in [1.82, 2.24) is 15.5 Å². The highest BCUT2D eigenvalue weighted by atomic mass is 16.5. The summed E-state index contributed by atoms with van der Waals surface area (Å²) in [6.07, 6.45) is 5.35. The Hall–Kier alpha value is -1.30. The van der Waals surface area contributed by atoms with Gasteiger partial charge in [-0.2, -0.15) is 0 Å². The Kier molecular flexibility index (Phi) is 8.39. The lowest BCUT2D eigenvalue weighted by Gasteiger charge is -2.40. The monoisotopic (exact) mass is 380 g/mol. The van der Waals surface area contributed by atoms with Gasteiger partial charge in [0.1, 0.15) is 0 Å². The van der Waals surface area contributed by atoms with E-state index < -0.39 is 0 Å². The zero-order valence-electron chi connectivity index (χ0n) is 18.0. The molecular formula is C21H40N4O2. The maximum atomic E-state index is 11.6. The van der Waals surface area contributed by atoms with Gasteiger partial charge in [0.05, 0.1) is 6.10 Å². The van der Waals surface area contributed by atoms with Crippen molar-refractivity contribution in [3.63, 3.8) is 0 Å². The molecule has 0 aromatic carbocycles. The van der Waals surface area contributed by atoms with Gasteiger partial charge in [-0.3, -0.25) is 9.79 Å². The highest BCUT2D eigenvalue weighted by Crippen LogP contribution is 2.34. The maximum Gasteiger partial charge on any atom is 0.220 e. The molecule has 0 aromatic heterocycles. The van der Waals surface area contributed by atoms with Crippen LogP contribution in [0.15, 0.2) is 4.99 Å². The predicted molar refractivity (Wildman–Crippen MR) is 111 cm³/mol. The molecule has 0 aromatic rings. The smallest absolute Gasteiger partial charge is 0.220 e. The summed E-state index contributed by atoms with van der Waals surface area (Å²) in [4.78, 5) is 19.0. The predicted octanol–water partition coefficient (Wildman–Crippen LogP) is 2.64. The van der Waals surface area contributed by atoms with Crippen LogP contribution in [0.5, 0.6) is 0 Å². The van der Waals surface area contributed by atoms with Crippen LogP contribution in [-0.2, 0) is 9.53 Å². The minimum atomic E-state index is 0.150. The van der Waals surface area contributed by atoms with Crippen LogP contribution in [0.4, 0.5) is 0 Å². The molecule has 2 N–H and O–H groups in total. The number of ether oxygens (including phenoxy) is 1. The van der Waals surface area contributed by atoms with E-state index in [-0.39, 0.29) is 17.4 Å². The summed E-state index contributed by atoms with van der Waals surface area (Å²) in [6.45, 7) is 13.4. The number of guanidine groups is 1. The van der Waals surface area contributed by atoms with Gasteiger partial charge in [-0.15, -0.1) is 0 Å². The van der Waals surface area contributed by atoms with E-state index in [1.807, 2.05) is 0 Å². The molecule has 2 unspecified atom stereocenters. The summed E-state index contributed by atoms with van der Waals surface area (Å²) in [6, 6.07) is 0. The average molecular weight is 381 g/mol. The summed E-state index contributed by atoms with van der Waals surface area (Å²) in [5.41, 5.74) is 0.150. The minimum absolute atomic E-state index is 0.150. The normalized spacial score (nSPS) is 25.4. The molecule has 2 fully saturated rings. The van der Waals surface area contributed by atoms with E-state index in [0.29, 0.717) is 18.3 Å². The van der Waals surface area contributed by atoms with E-state index in [2.05, 4.69) is 43.2 Å². The lowest BCUT2D eigenvalue weighted by molar-refractivity contribution is -0.121. The van der Waals surface area contributed by atoms with E-state index in [4.69, 9.17) is 9.73 Å². The average Bonchev–Trinajstić information content (AvgIpc) is 2.65. The molecular weight excluding hydrogens is 340 g/mol. The summed E-state index contributed by atoms with van der Waals surface area (Å²) >= 11 is 0. The van der Waals surface area contributed by atoms with Crippen molar-refractivity contribution in [1.29, 1.82) is 0 Å². The molecule has 2 saturated heterocycles. The Bertz CT molecular complexity index is 493. The van der Waals surface area contributed by atoms with E-state index in [1.165, 1.54) is 6.42 Å². The second-order valence-electron chi connectivity index (χ2n) is 9.06. The largest absolute Gasteiger partial charge is 0.377 e. The standard InChI is InChI=1S/C21H40N4O2/c1-6-23-20(25-11-9-16(10-12-25)14-18(26)22-5)24-15-17-8-7-13-27-19(17)21(2,3)4/h16-17,19H,6-15H2,1-5H3,(H,22,26)(H,23,24). The van der Waals surface area contributed by atoms with Gasteiger partial charge in [-0.05, 0) is 43.9 Å². The molecule has 0 radical (unpaired) electrons. The highest BCUT2D eigenvalue weighted by Gasteiger charge is 2.35. The van der Waals surface area contributed by atoms with Crippen LogP contribution >= 0.6 is 0 Å². The molecule has 0 spiro atoms. The molecule has 1 amide bonds. The van der Waals surface area contributed by atoms with Crippen molar-refractivity contribution in [2.75, 3.05) is 39.8 Å². The number of nitrogens with zero attached hydrogens (tertiary/aromatic N) is 2. The first-order chi connectivity index (χ1) is 12.8. The lowest BCUT2D eigenvalue weighted by Crippen LogP contribution is -2.47. The lowest BCUT2D eigenvalue weighted by atomic mass is 9.78. The van der Waals surface area contributed by atoms with Crippen molar-refractivity contribution in [3.05, 3.63) is 0 Å². The van der Waals surface area contributed by atoms with Gasteiger partial charge in [0.15, 0.2) is 5.96 Å². The Labute approximate surface area is 165 Å². The third-order valence-corrected chi connectivity index (χ3v) is 5.78. The van der Waals surface area contributed by atoms with Crippen molar-refractivity contribution in [2.45, 2.75) is 65.9 Å². The third-order valence-electron chi connectivity index (χ3n) is 5.78. The van der Waals surface area contributed by atoms with Gasteiger partial charge in [0.25, 0.3) is 0 Å². The Morgan fingerprint density at radius 1 is 1.22 bits per heavy atom. The molecule has 6 nitrogen and oxygen atoms in total. The summed E-state index contributed by atoms with van der Waals surface area (Å²) in [5, 5.41) is 6.21. The van der Waals surface area contributed by atoms with Crippen LogP contribution in [0.25, 0.3) is 0 Å². The Morgan fingerprint density at radius 2 is 1.93 bits per heavy atom. The van der Waals surface area contributed by atoms with Crippen molar-refractivity contribution >= 4 is 11.9 Å². The maximum absolute atomic E-state index is 11.6. The first-order valence-corrected chi connectivity index (χ1v) is 10.7. The zero-order valence-corrected chi connectivity index (χ0v) is 18.0. The Balaban J connectivity index is 1.95. The summed E-state index contributed by atoms with van der Waals surface area (Å²) < 4.78 is 6.11. The van der Waals surface area contributed by atoms with Gasteiger partial charge >= 0.3 is 0 Å². The topological polar surface area (TPSA) is 66.0 Å². The molecule has 2 atom stereocenters. The van der Waals surface area contributed by atoms with E-state index in [1.54, 1.807) is 7.05 Å². The van der Waals surface area contributed by atoms with Crippen molar-refractivity contribution in [3.8, 4) is 0 Å². The molecule has 0 aliphatic carbocycles. The number of carbonyl (C=O) groups is 1. The van der Waals surface area contributed by atoms with Crippen LogP contribution in [0.1, 0.15) is 59.8 Å². The zero-order chi connectivity index (χ0) is 19.9. The number of hydrogen-bond acceptors (Lipinski definition) is 3.